The fraction of sp³-hybridized carbons (Fsp3) is 0.947. The highest BCUT2D eigenvalue weighted by molar-refractivity contribution is 5.71. The zero-order valence-corrected chi connectivity index (χ0v) is 43.4. The number of hydrogen-bond donors (Lipinski definition) is 0. The van der Waals surface area contributed by atoms with Gasteiger partial charge < -0.3 is 14.2 Å². The van der Waals surface area contributed by atoms with Crippen molar-refractivity contribution in [3.63, 3.8) is 0 Å². The Morgan fingerprint density at radius 3 is 0.683 bits per heavy atom. The molecule has 6 heteroatoms. The first-order valence-electron chi connectivity index (χ1n) is 28.1. The number of esters is 3. The van der Waals surface area contributed by atoms with Crippen molar-refractivity contribution in [1.82, 2.24) is 0 Å². The highest BCUT2D eigenvalue weighted by atomic mass is 16.6. The van der Waals surface area contributed by atoms with Crippen LogP contribution in [0.2, 0.25) is 0 Å². The fourth-order valence-corrected chi connectivity index (χ4v) is 8.65. The molecular formula is C57H110O6. The number of rotatable bonds is 50. The average Bonchev–Trinajstić information content (AvgIpc) is 3.24. The topological polar surface area (TPSA) is 78.9 Å². The Morgan fingerprint density at radius 2 is 0.460 bits per heavy atom. The third-order valence-electron chi connectivity index (χ3n) is 12.9. The lowest BCUT2D eigenvalue weighted by Gasteiger charge is -2.18. The van der Waals surface area contributed by atoms with Crippen LogP contribution in [0.1, 0.15) is 311 Å². The average molecular weight is 892 g/mol. The van der Waals surface area contributed by atoms with Crippen LogP contribution in [0.4, 0.5) is 0 Å². The van der Waals surface area contributed by atoms with Crippen LogP contribution in [-0.2, 0) is 28.6 Å². The van der Waals surface area contributed by atoms with E-state index in [0.717, 1.165) is 75.5 Å². The molecule has 0 bridgehead atoms. The smallest absolute Gasteiger partial charge is 0.306 e. The van der Waals surface area contributed by atoms with E-state index in [2.05, 4.69) is 41.5 Å². The predicted molar refractivity (Wildman–Crippen MR) is 270 cm³/mol. The van der Waals surface area contributed by atoms with Gasteiger partial charge in [-0.25, -0.2) is 0 Å². The SMILES string of the molecule is CC(C)CCCCCCCCCCCCCCCCC(=O)O[C@H](COC(=O)CCCCCCCCCCCCCCCC(C)C)COC(=O)CCCCCCCCCCCC(C)C. The molecule has 0 aromatic rings. The first-order valence-corrected chi connectivity index (χ1v) is 28.1. The normalized spacial score (nSPS) is 12.1. The van der Waals surface area contributed by atoms with E-state index in [1.807, 2.05) is 0 Å². The van der Waals surface area contributed by atoms with Crippen LogP contribution in [0, 0.1) is 17.8 Å². The van der Waals surface area contributed by atoms with Gasteiger partial charge in [-0.3, -0.25) is 14.4 Å². The molecule has 0 saturated carbocycles. The Balaban J connectivity index is 4.30. The summed E-state index contributed by atoms with van der Waals surface area (Å²) >= 11 is 0. The molecule has 0 heterocycles. The van der Waals surface area contributed by atoms with Gasteiger partial charge in [-0.2, -0.15) is 0 Å². The van der Waals surface area contributed by atoms with Gasteiger partial charge in [0.1, 0.15) is 13.2 Å². The summed E-state index contributed by atoms with van der Waals surface area (Å²) in [6.45, 7) is 13.7. The van der Waals surface area contributed by atoms with Gasteiger partial charge in [0, 0.05) is 19.3 Å². The zero-order valence-electron chi connectivity index (χ0n) is 43.4. The zero-order chi connectivity index (χ0) is 46.3. The van der Waals surface area contributed by atoms with Crippen LogP contribution >= 0.6 is 0 Å². The molecule has 0 spiro atoms. The number of unbranched alkanes of at least 4 members (excludes halogenated alkanes) is 33. The molecule has 0 unspecified atom stereocenters. The van der Waals surface area contributed by atoms with E-state index in [0.29, 0.717) is 19.3 Å². The van der Waals surface area contributed by atoms with Crippen molar-refractivity contribution in [3.05, 3.63) is 0 Å². The van der Waals surface area contributed by atoms with Gasteiger partial charge >= 0.3 is 17.9 Å². The second kappa shape index (κ2) is 48.3. The minimum atomic E-state index is -0.763. The summed E-state index contributed by atoms with van der Waals surface area (Å²) in [6.07, 6.45) is 49.5. The molecule has 0 saturated heterocycles. The van der Waals surface area contributed by atoms with E-state index in [1.54, 1.807) is 0 Å². The van der Waals surface area contributed by atoms with E-state index in [9.17, 15) is 14.4 Å². The molecule has 1 atom stereocenters. The van der Waals surface area contributed by atoms with Gasteiger partial charge in [-0.05, 0) is 37.0 Å². The number of carbonyl (C=O) groups excluding carboxylic acids is 3. The highest BCUT2D eigenvalue weighted by Crippen LogP contribution is 2.18. The molecule has 0 fully saturated rings. The maximum Gasteiger partial charge on any atom is 0.306 e. The summed E-state index contributed by atoms with van der Waals surface area (Å²) in [7, 11) is 0. The van der Waals surface area contributed by atoms with Crippen molar-refractivity contribution in [3.8, 4) is 0 Å². The summed E-state index contributed by atoms with van der Waals surface area (Å²) < 4.78 is 16.9. The van der Waals surface area contributed by atoms with Crippen molar-refractivity contribution in [2.24, 2.45) is 17.8 Å². The Labute approximate surface area is 393 Å². The summed E-state index contributed by atoms with van der Waals surface area (Å²) in [4.78, 5) is 38.1. The molecule has 0 aromatic heterocycles. The number of ether oxygens (including phenoxy) is 3. The van der Waals surface area contributed by atoms with Gasteiger partial charge in [-0.15, -0.1) is 0 Å². The van der Waals surface area contributed by atoms with Crippen molar-refractivity contribution in [2.45, 2.75) is 317 Å². The molecule has 6 nitrogen and oxygen atoms in total. The molecule has 0 aliphatic heterocycles. The number of hydrogen-bond acceptors (Lipinski definition) is 6. The Morgan fingerprint density at radius 1 is 0.270 bits per heavy atom. The summed E-state index contributed by atoms with van der Waals surface area (Å²) in [5.74, 6) is 1.64. The summed E-state index contributed by atoms with van der Waals surface area (Å²) in [5, 5.41) is 0. The fourth-order valence-electron chi connectivity index (χ4n) is 8.65. The molecule has 0 rings (SSSR count). The van der Waals surface area contributed by atoms with Crippen molar-refractivity contribution < 1.29 is 28.6 Å². The van der Waals surface area contributed by atoms with E-state index in [4.69, 9.17) is 14.2 Å². The van der Waals surface area contributed by atoms with Crippen molar-refractivity contribution in [1.29, 1.82) is 0 Å². The minimum absolute atomic E-state index is 0.0639. The van der Waals surface area contributed by atoms with E-state index >= 15 is 0 Å². The second-order valence-corrected chi connectivity index (χ2v) is 21.0. The van der Waals surface area contributed by atoms with Gasteiger partial charge in [0.05, 0.1) is 0 Å². The van der Waals surface area contributed by atoms with Crippen LogP contribution < -0.4 is 0 Å². The predicted octanol–water partition coefficient (Wildman–Crippen LogP) is 18.3. The second-order valence-electron chi connectivity index (χ2n) is 21.0. The molecule has 0 aliphatic rings. The molecule has 0 aromatic carbocycles. The van der Waals surface area contributed by atoms with Gasteiger partial charge in [0.2, 0.25) is 0 Å². The molecule has 0 amide bonds. The Kier molecular flexibility index (Phi) is 47.1. The van der Waals surface area contributed by atoms with Crippen LogP contribution in [0.15, 0.2) is 0 Å². The quantitative estimate of drug-likeness (QED) is 0.0344. The van der Waals surface area contributed by atoms with Gasteiger partial charge in [0.25, 0.3) is 0 Å². The molecular weight excluding hydrogens is 781 g/mol. The minimum Gasteiger partial charge on any atom is -0.462 e. The number of carbonyl (C=O) groups is 3. The van der Waals surface area contributed by atoms with Crippen LogP contribution in [0.3, 0.4) is 0 Å². The van der Waals surface area contributed by atoms with Gasteiger partial charge in [-0.1, -0.05) is 273 Å². The standard InChI is InChI=1S/C57H110O6/c1-51(2)43-37-31-25-19-14-10-7-8-12-17-23-30-36-42-48-57(60)63-54(50-62-56(59)47-41-35-29-24-18-21-27-33-39-45-53(5)6)49-61-55(58)46-40-34-28-22-16-13-9-11-15-20-26-32-38-44-52(3)4/h51-54H,7-50H2,1-6H3/t54-/m1/s1. The largest absolute Gasteiger partial charge is 0.462 e. The third-order valence-corrected chi connectivity index (χ3v) is 12.9. The van der Waals surface area contributed by atoms with E-state index < -0.39 is 6.10 Å². The lowest BCUT2D eigenvalue weighted by atomic mass is 10.0. The van der Waals surface area contributed by atoms with Crippen LogP contribution in [0.5, 0.6) is 0 Å². The van der Waals surface area contributed by atoms with Crippen LogP contribution in [-0.4, -0.2) is 37.2 Å². The lowest BCUT2D eigenvalue weighted by Crippen LogP contribution is -2.30. The van der Waals surface area contributed by atoms with Crippen molar-refractivity contribution >= 4 is 17.9 Å². The van der Waals surface area contributed by atoms with E-state index in [-0.39, 0.29) is 31.1 Å². The van der Waals surface area contributed by atoms with Gasteiger partial charge in [0.15, 0.2) is 6.10 Å². The molecule has 0 N–H and O–H groups in total. The molecule has 0 aliphatic carbocycles. The monoisotopic (exact) mass is 891 g/mol. The van der Waals surface area contributed by atoms with E-state index in [1.165, 1.54) is 193 Å². The lowest BCUT2D eigenvalue weighted by molar-refractivity contribution is -0.167. The Hall–Kier alpha value is -1.59. The first-order chi connectivity index (χ1) is 30.6. The third kappa shape index (κ3) is 51.3. The maximum absolute atomic E-state index is 12.8. The molecule has 0 radical (unpaired) electrons. The molecule has 63 heavy (non-hydrogen) atoms. The Bertz CT molecular complexity index is 976. The highest BCUT2D eigenvalue weighted by Gasteiger charge is 2.19. The molecule has 374 valence electrons. The summed E-state index contributed by atoms with van der Waals surface area (Å²) in [5.41, 5.74) is 0. The van der Waals surface area contributed by atoms with Crippen molar-refractivity contribution in [2.75, 3.05) is 13.2 Å². The first kappa shape index (κ1) is 61.4. The maximum atomic E-state index is 12.8. The van der Waals surface area contributed by atoms with Crippen LogP contribution in [0.25, 0.3) is 0 Å². The summed E-state index contributed by atoms with van der Waals surface area (Å²) in [6, 6.07) is 0.